The number of amides is 1. The van der Waals surface area contributed by atoms with Gasteiger partial charge in [0.15, 0.2) is 11.6 Å². The summed E-state index contributed by atoms with van der Waals surface area (Å²) in [6.45, 7) is 3.95. The summed E-state index contributed by atoms with van der Waals surface area (Å²) < 4.78 is 14.1. The highest BCUT2D eigenvalue weighted by atomic mass is 32.2. The maximum absolute atomic E-state index is 12.9. The topological polar surface area (TPSA) is 97.4 Å². The van der Waals surface area contributed by atoms with E-state index in [2.05, 4.69) is 15.4 Å². The molecule has 0 atom stereocenters. The first kappa shape index (κ1) is 26.8. The minimum atomic E-state index is -0.214. The second-order valence-electron chi connectivity index (χ2n) is 9.14. The van der Waals surface area contributed by atoms with E-state index in [-0.39, 0.29) is 5.91 Å². The van der Waals surface area contributed by atoms with Crippen LogP contribution in [0.4, 0.5) is 23.0 Å². The van der Waals surface area contributed by atoms with E-state index in [0.717, 1.165) is 38.5 Å². The van der Waals surface area contributed by atoms with Crippen LogP contribution in [0, 0.1) is 13.8 Å². The highest BCUT2D eigenvalue weighted by Crippen LogP contribution is 2.31. The van der Waals surface area contributed by atoms with Crippen LogP contribution in [0.2, 0.25) is 0 Å². The SMILES string of the molecule is COc1cc(C)cc(Nc2nc3ccccc3nc2NSc2cccc(NC(=O)c3ccc(C)c(OC)c3)c2)c1. The van der Waals surface area contributed by atoms with Crippen molar-refractivity contribution in [2.75, 3.05) is 29.6 Å². The number of benzene rings is 4. The molecule has 0 aliphatic rings. The highest BCUT2D eigenvalue weighted by molar-refractivity contribution is 8.00. The van der Waals surface area contributed by atoms with Crippen LogP contribution in [0.3, 0.4) is 0 Å². The maximum Gasteiger partial charge on any atom is 0.255 e. The fourth-order valence-electron chi connectivity index (χ4n) is 4.14. The van der Waals surface area contributed by atoms with Crippen molar-refractivity contribution in [2.24, 2.45) is 0 Å². The third kappa shape index (κ3) is 6.27. The molecule has 5 aromatic rings. The van der Waals surface area contributed by atoms with Crippen LogP contribution < -0.4 is 24.8 Å². The van der Waals surface area contributed by atoms with Crippen molar-refractivity contribution in [3.05, 3.63) is 102 Å². The van der Waals surface area contributed by atoms with E-state index < -0.39 is 0 Å². The number of methoxy groups -OCH3 is 2. The van der Waals surface area contributed by atoms with Crippen molar-refractivity contribution in [3.63, 3.8) is 0 Å². The Kier molecular flexibility index (Phi) is 8.02. The second kappa shape index (κ2) is 12.0. The first-order valence-corrected chi connectivity index (χ1v) is 13.4. The highest BCUT2D eigenvalue weighted by Gasteiger charge is 2.13. The first-order chi connectivity index (χ1) is 19.4. The number of rotatable bonds is 9. The number of aromatic nitrogens is 2. The zero-order valence-electron chi connectivity index (χ0n) is 22.6. The van der Waals surface area contributed by atoms with Crippen LogP contribution >= 0.6 is 11.9 Å². The summed E-state index contributed by atoms with van der Waals surface area (Å²) in [5.74, 6) is 2.37. The van der Waals surface area contributed by atoms with Gasteiger partial charge in [-0.3, -0.25) is 4.79 Å². The molecule has 1 aromatic heterocycles. The molecule has 0 bridgehead atoms. The van der Waals surface area contributed by atoms with Gasteiger partial charge < -0.3 is 24.8 Å². The number of carbonyl (C=O) groups excluding carboxylic acids is 1. The number of nitrogens with one attached hydrogen (secondary N) is 3. The summed E-state index contributed by atoms with van der Waals surface area (Å²) >= 11 is 1.37. The van der Waals surface area contributed by atoms with Crippen molar-refractivity contribution in [1.29, 1.82) is 0 Å². The Morgan fingerprint density at radius 2 is 1.55 bits per heavy atom. The van der Waals surface area contributed by atoms with E-state index in [0.29, 0.717) is 28.6 Å². The lowest BCUT2D eigenvalue weighted by atomic mass is 10.1. The fraction of sp³-hybridized carbons (Fsp3) is 0.129. The minimum Gasteiger partial charge on any atom is -0.497 e. The molecule has 0 aliphatic heterocycles. The van der Waals surface area contributed by atoms with E-state index in [1.807, 2.05) is 86.6 Å². The van der Waals surface area contributed by atoms with Crippen LogP contribution in [0.1, 0.15) is 21.5 Å². The zero-order valence-corrected chi connectivity index (χ0v) is 23.4. The van der Waals surface area contributed by atoms with Gasteiger partial charge in [-0.05, 0) is 91.5 Å². The molecule has 40 heavy (non-hydrogen) atoms. The molecular formula is C31H29N5O3S. The predicted molar refractivity (Wildman–Crippen MR) is 162 cm³/mol. The average molecular weight is 552 g/mol. The summed E-state index contributed by atoms with van der Waals surface area (Å²) in [4.78, 5) is 23.4. The summed E-state index contributed by atoms with van der Waals surface area (Å²) in [6, 6.07) is 26.6. The third-order valence-electron chi connectivity index (χ3n) is 6.15. The van der Waals surface area contributed by atoms with E-state index in [4.69, 9.17) is 19.4 Å². The molecule has 0 radical (unpaired) electrons. The molecule has 8 nitrogen and oxygen atoms in total. The van der Waals surface area contributed by atoms with Crippen LogP contribution in [0.25, 0.3) is 11.0 Å². The predicted octanol–water partition coefficient (Wildman–Crippen LogP) is 7.38. The standard InChI is InChI=1S/C31H29N5O3S/c1-19-14-23(17-24(15-19)38-3)32-29-30(35-27-11-6-5-10-26(27)34-29)36-40-25-9-7-8-22(18-25)33-31(37)21-13-12-20(2)28(16-21)39-4/h5-18H,1-4H3,(H,32,34)(H,33,37)(H,35,36). The number of ether oxygens (including phenoxy) is 2. The Hall–Kier alpha value is -4.76. The smallest absolute Gasteiger partial charge is 0.255 e. The van der Waals surface area contributed by atoms with Gasteiger partial charge in [0.2, 0.25) is 0 Å². The van der Waals surface area contributed by atoms with Gasteiger partial charge in [0, 0.05) is 27.9 Å². The summed E-state index contributed by atoms with van der Waals surface area (Å²) in [7, 11) is 3.24. The molecular weight excluding hydrogens is 522 g/mol. The van der Waals surface area contributed by atoms with Gasteiger partial charge in [-0.1, -0.05) is 24.3 Å². The molecule has 1 heterocycles. The number of para-hydroxylation sites is 2. The Balaban J connectivity index is 1.36. The number of hydrogen-bond acceptors (Lipinski definition) is 8. The van der Waals surface area contributed by atoms with E-state index >= 15 is 0 Å². The van der Waals surface area contributed by atoms with Gasteiger partial charge >= 0.3 is 0 Å². The molecule has 202 valence electrons. The summed E-state index contributed by atoms with van der Waals surface area (Å²) in [5, 5.41) is 6.35. The van der Waals surface area contributed by atoms with Gasteiger partial charge in [0.25, 0.3) is 5.91 Å². The van der Waals surface area contributed by atoms with Crippen LogP contribution in [-0.4, -0.2) is 30.1 Å². The number of aryl methyl sites for hydroxylation is 2. The number of nitrogens with zero attached hydrogens (tertiary/aromatic N) is 2. The number of carbonyl (C=O) groups is 1. The van der Waals surface area contributed by atoms with E-state index in [1.165, 1.54) is 11.9 Å². The van der Waals surface area contributed by atoms with E-state index in [9.17, 15) is 4.79 Å². The Morgan fingerprint density at radius 3 is 2.30 bits per heavy atom. The average Bonchev–Trinajstić information content (AvgIpc) is 2.96. The molecule has 3 N–H and O–H groups in total. The molecule has 0 spiro atoms. The lowest BCUT2D eigenvalue weighted by Crippen LogP contribution is -2.12. The van der Waals surface area contributed by atoms with E-state index in [1.54, 1.807) is 26.4 Å². The molecule has 0 saturated heterocycles. The van der Waals surface area contributed by atoms with Crippen LogP contribution in [0.5, 0.6) is 11.5 Å². The normalized spacial score (nSPS) is 10.7. The monoisotopic (exact) mass is 551 g/mol. The van der Waals surface area contributed by atoms with Gasteiger partial charge in [0.05, 0.1) is 25.3 Å². The molecule has 0 fully saturated rings. The number of anilines is 4. The van der Waals surface area contributed by atoms with Crippen molar-refractivity contribution in [2.45, 2.75) is 18.7 Å². The van der Waals surface area contributed by atoms with Gasteiger partial charge in [0.1, 0.15) is 11.5 Å². The Labute approximate surface area is 237 Å². The van der Waals surface area contributed by atoms with Crippen molar-refractivity contribution in [1.82, 2.24) is 9.97 Å². The fourth-order valence-corrected chi connectivity index (χ4v) is 4.83. The molecule has 4 aromatic carbocycles. The third-order valence-corrected chi connectivity index (χ3v) is 6.93. The zero-order chi connectivity index (χ0) is 28.1. The lowest BCUT2D eigenvalue weighted by Gasteiger charge is -2.14. The lowest BCUT2D eigenvalue weighted by molar-refractivity contribution is 0.102. The quantitative estimate of drug-likeness (QED) is 0.163. The Morgan fingerprint density at radius 1 is 0.775 bits per heavy atom. The number of fused-ring (bicyclic) bond motifs is 1. The second-order valence-corrected chi connectivity index (χ2v) is 10.0. The Bertz CT molecular complexity index is 1690. The van der Waals surface area contributed by atoms with Crippen molar-refractivity contribution in [3.8, 4) is 11.5 Å². The molecule has 5 rings (SSSR count). The number of hydrogen-bond donors (Lipinski definition) is 3. The molecule has 0 unspecified atom stereocenters. The summed E-state index contributed by atoms with van der Waals surface area (Å²) in [6.07, 6.45) is 0. The molecule has 0 saturated carbocycles. The minimum absolute atomic E-state index is 0.214. The van der Waals surface area contributed by atoms with Crippen LogP contribution in [0.15, 0.2) is 89.8 Å². The van der Waals surface area contributed by atoms with Gasteiger partial charge in [-0.15, -0.1) is 0 Å². The van der Waals surface area contributed by atoms with Crippen molar-refractivity contribution < 1.29 is 14.3 Å². The largest absolute Gasteiger partial charge is 0.497 e. The maximum atomic E-state index is 12.9. The molecule has 9 heteroatoms. The van der Waals surface area contributed by atoms with Crippen molar-refractivity contribution >= 4 is 51.9 Å². The first-order valence-electron chi connectivity index (χ1n) is 12.6. The van der Waals surface area contributed by atoms with Gasteiger partial charge in [-0.2, -0.15) is 0 Å². The molecule has 1 amide bonds. The summed E-state index contributed by atoms with van der Waals surface area (Å²) in [5.41, 5.74) is 5.61. The van der Waals surface area contributed by atoms with Gasteiger partial charge in [-0.25, -0.2) is 9.97 Å². The van der Waals surface area contributed by atoms with Crippen LogP contribution in [-0.2, 0) is 0 Å². The molecule has 0 aliphatic carbocycles.